The highest BCUT2D eigenvalue weighted by atomic mass is 16.3. The SMILES string of the molecule is Cn1c(C(C)(C)NC(=O)CN2CCC(CO)CC2)nc2ccccc21. The fraction of sp³-hybridized carbons (Fsp3) is 0.579. The smallest absolute Gasteiger partial charge is 0.234 e. The van der Waals surface area contributed by atoms with Gasteiger partial charge in [-0.2, -0.15) is 0 Å². The molecule has 6 heteroatoms. The topological polar surface area (TPSA) is 70.4 Å². The van der Waals surface area contributed by atoms with Crippen molar-refractivity contribution in [1.29, 1.82) is 0 Å². The van der Waals surface area contributed by atoms with Crippen molar-refractivity contribution in [1.82, 2.24) is 19.8 Å². The predicted molar refractivity (Wildman–Crippen MR) is 98.1 cm³/mol. The lowest BCUT2D eigenvalue weighted by atomic mass is 9.98. The molecule has 0 saturated carbocycles. The quantitative estimate of drug-likeness (QED) is 0.865. The molecule has 2 N–H and O–H groups in total. The van der Waals surface area contributed by atoms with E-state index in [0.717, 1.165) is 42.8 Å². The zero-order valence-electron chi connectivity index (χ0n) is 15.3. The van der Waals surface area contributed by atoms with Gasteiger partial charge in [-0.1, -0.05) is 12.1 Å². The number of aliphatic hydroxyl groups excluding tert-OH is 1. The van der Waals surface area contributed by atoms with Crippen LogP contribution in [0, 0.1) is 5.92 Å². The Morgan fingerprint density at radius 1 is 1.32 bits per heavy atom. The van der Waals surface area contributed by atoms with Crippen molar-refractivity contribution >= 4 is 16.9 Å². The van der Waals surface area contributed by atoms with Crippen molar-refractivity contribution in [2.45, 2.75) is 32.2 Å². The summed E-state index contributed by atoms with van der Waals surface area (Å²) in [6.45, 7) is 6.36. The van der Waals surface area contributed by atoms with Crippen LogP contribution in [0.4, 0.5) is 0 Å². The standard InChI is InChI=1S/C19H28N4O2/c1-19(2,18-20-15-6-4-5-7-16(15)22(18)3)21-17(25)12-23-10-8-14(13-24)9-11-23/h4-7,14,24H,8-13H2,1-3H3,(H,21,25). The average molecular weight is 344 g/mol. The number of carbonyl (C=O) groups is 1. The minimum Gasteiger partial charge on any atom is -0.396 e. The molecule has 1 aromatic carbocycles. The highest BCUT2D eigenvalue weighted by molar-refractivity contribution is 5.80. The molecule has 25 heavy (non-hydrogen) atoms. The number of aryl methyl sites for hydroxylation is 1. The highest BCUT2D eigenvalue weighted by Gasteiger charge is 2.29. The van der Waals surface area contributed by atoms with Gasteiger partial charge >= 0.3 is 0 Å². The molecule has 0 bridgehead atoms. The number of amides is 1. The minimum atomic E-state index is -0.547. The van der Waals surface area contributed by atoms with Crippen LogP contribution in [0.15, 0.2) is 24.3 Å². The monoisotopic (exact) mass is 344 g/mol. The number of likely N-dealkylation sites (tertiary alicyclic amines) is 1. The lowest BCUT2D eigenvalue weighted by Crippen LogP contribution is -2.48. The first-order valence-corrected chi connectivity index (χ1v) is 8.97. The van der Waals surface area contributed by atoms with Gasteiger partial charge in [0.25, 0.3) is 0 Å². The number of piperidine rings is 1. The third-order valence-electron chi connectivity index (χ3n) is 5.13. The molecule has 1 aromatic heterocycles. The molecule has 1 aliphatic heterocycles. The molecular weight excluding hydrogens is 316 g/mol. The van der Waals surface area contributed by atoms with E-state index in [4.69, 9.17) is 4.98 Å². The average Bonchev–Trinajstić information content (AvgIpc) is 2.93. The van der Waals surface area contributed by atoms with E-state index in [9.17, 15) is 9.90 Å². The van der Waals surface area contributed by atoms with Crippen LogP contribution in [0.3, 0.4) is 0 Å². The first-order valence-electron chi connectivity index (χ1n) is 8.97. The van der Waals surface area contributed by atoms with E-state index >= 15 is 0 Å². The number of carbonyl (C=O) groups excluding carboxylic acids is 1. The number of aliphatic hydroxyl groups is 1. The van der Waals surface area contributed by atoms with Crippen LogP contribution < -0.4 is 5.32 Å². The molecule has 0 aliphatic carbocycles. The maximum absolute atomic E-state index is 12.5. The number of nitrogens with one attached hydrogen (secondary N) is 1. The number of fused-ring (bicyclic) bond motifs is 1. The number of para-hydroxylation sites is 2. The second-order valence-electron chi connectivity index (χ2n) is 7.56. The molecule has 1 saturated heterocycles. The van der Waals surface area contributed by atoms with Crippen LogP contribution >= 0.6 is 0 Å². The number of hydrogen-bond donors (Lipinski definition) is 2. The third-order valence-corrected chi connectivity index (χ3v) is 5.13. The molecule has 0 unspecified atom stereocenters. The summed E-state index contributed by atoms with van der Waals surface area (Å²) >= 11 is 0. The minimum absolute atomic E-state index is 0.0134. The van der Waals surface area contributed by atoms with Gasteiger partial charge in [0.15, 0.2) is 0 Å². The van der Waals surface area contributed by atoms with Crippen molar-refractivity contribution < 1.29 is 9.90 Å². The van der Waals surface area contributed by atoms with Gasteiger partial charge in [0, 0.05) is 13.7 Å². The second kappa shape index (κ2) is 7.14. The first kappa shape index (κ1) is 17.9. The number of benzene rings is 1. The molecule has 3 rings (SSSR count). The molecule has 0 atom stereocenters. The number of hydrogen-bond acceptors (Lipinski definition) is 4. The molecule has 0 radical (unpaired) electrons. The molecule has 136 valence electrons. The molecule has 6 nitrogen and oxygen atoms in total. The lowest BCUT2D eigenvalue weighted by molar-refractivity contribution is -0.124. The van der Waals surface area contributed by atoms with Gasteiger partial charge in [-0.3, -0.25) is 9.69 Å². The fourth-order valence-electron chi connectivity index (χ4n) is 3.68. The normalized spacial score (nSPS) is 17.1. The Hall–Kier alpha value is -1.92. The summed E-state index contributed by atoms with van der Waals surface area (Å²) in [5.74, 6) is 1.25. The number of imidazole rings is 1. The van der Waals surface area contributed by atoms with Gasteiger partial charge in [0.1, 0.15) is 5.82 Å². The Balaban J connectivity index is 1.66. The van der Waals surface area contributed by atoms with E-state index in [1.165, 1.54) is 0 Å². The van der Waals surface area contributed by atoms with Crippen molar-refractivity contribution in [3.05, 3.63) is 30.1 Å². The van der Waals surface area contributed by atoms with Crippen molar-refractivity contribution in [3.8, 4) is 0 Å². The molecule has 0 spiro atoms. The maximum Gasteiger partial charge on any atom is 0.234 e. The second-order valence-corrected chi connectivity index (χ2v) is 7.56. The van der Waals surface area contributed by atoms with E-state index in [1.807, 2.05) is 49.7 Å². The zero-order chi connectivity index (χ0) is 18.0. The van der Waals surface area contributed by atoms with E-state index in [2.05, 4.69) is 10.2 Å². The third kappa shape index (κ3) is 3.85. The van der Waals surface area contributed by atoms with E-state index < -0.39 is 5.54 Å². The molecule has 1 aliphatic rings. The Kier molecular flexibility index (Phi) is 5.11. The summed E-state index contributed by atoms with van der Waals surface area (Å²) in [5.41, 5.74) is 1.45. The van der Waals surface area contributed by atoms with Gasteiger partial charge in [0.05, 0.1) is 23.1 Å². The first-order chi connectivity index (χ1) is 11.9. The van der Waals surface area contributed by atoms with Crippen molar-refractivity contribution in [2.75, 3.05) is 26.2 Å². The Morgan fingerprint density at radius 2 is 2.00 bits per heavy atom. The molecule has 1 amide bonds. The van der Waals surface area contributed by atoms with Gasteiger partial charge in [0.2, 0.25) is 5.91 Å². The molecule has 2 heterocycles. The highest BCUT2D eigenvalue weighted by Crippen LogP contribution is 2.24. The number of aromatic nitrogens is 2. The van der Waals surface area contributed by atoms with E-state index in [0.29, 0.717) is 12.5 Å². The van der Waals surface area contributed by atoms with E-state index in [-0.39, 0.29) is 12.5 Å². The molecule has 1 fully saturated rings. The molecule has 2 aromatic rings. The van der Waals surface area contributed by atoms with Crippen LogP contribution in [0.5, 0.6) is 0 Å². The summed E-state index contributed by atoms with van der Waals surface area (Å²) in [6.07, 6.45) is 1.91. The van der Waals surface area contributed by atoms with E-state index in [1.54, 1.807) is 0 Å². The zero-order valence-corrected chi connectivity index (χ0v) is 15.3. The van der Waals surface area contributed by atoms with Crippen LogP contribution in [0.25, 0.3) is 11.0 Å². The number of rotatable bonds is 5. The number of nitrogens with zero attached hydrogens (tertiary/aromatic N) is 3. The summed E-state index contributed by atoms with van der Waals surface area (Å²) in [7, 11) is 1.98. The summed E-state index contributed by atoms with van der Waals surface area (Å²) < 4.78 is 2.04. The fourth-order valence-corrected chi connectivity index (χ4v) is 3.68. The molecular formula is C19H28N4O2. The van der Waals surface area contributed by atoms with Crippen molar-refractivity contribution in [3.63, 3.8) is 0 Å². The Labute approximate surface area is 148 Å². The summed E-state index contributed by atoms with van der Waals surface area (Å²) in [5, 5.41) is 12.4. The van der Waals surface area contributed by atoms with Gasteiger partial charge in [-0.05, 0) is 57.8 Å². The Morgan fingerprint density at radius 3 is 2.64 bits per heavy atom. The predicted octanol–water partition coefficient (Wildman–Crippen LogP) is 1.63. The Bertz CT molecular complexity index is 745. The van der Waals surface area contributed by atoms with Crippen LogP contribution in [-0.4, -0.2) is 51.7 Å². The largest absolute Gasteiger partial charge is 0.396 e. The van der Waals surface area contributed by atoms with Crippen LogP contribution in [-0.2, 0) is 17.4 Å². The van der Waals surface area contributed by atoms with Crippen molar-refractivity contribution in [2.24, 2.45) is 13.0 Å². The summed E-state index contributed by atoms with van der Waals surface area (Å²) in [6, 6.07) is 7.99. The van der Waals surface area contributed by atoms with Gasteiger partial charge in [-0.15, -0.1) is 0 Å². The van der Waals surface area contributed by atoms with Gasteiger partial charge in [-0.25, -0.2) is 4.98 Å². The van der Waals surface area contributed by atoms with Crippen LogP contribution in [0.2, 0.25) is 0 Å². The summed E-state index contributed by atoms with van der Waals surface area (Å²) in [4.78, 5) is 19.4. The van der Waals surface area contributed by atoms with Crippen LogP contribution in [0.1, 0.15) is 32.5 Å². The lowest BCUT2D eigenvalue weighted by Gasteiger charge is -2.32. The van der Waals surface area contributed by atoms with Gasteiger partial charge < -0.3 is 15.0 Å². The maximum atomic E-state index is 12.5.